The van der Waals surface area contributed by atoms with E-state index in [1.807, 2.05) is 41.8 Å². The molecule has 2 aromatic carbocycles. The van der Waals surface area contributed by atoms with Crippen LogP contribution in [0.3, 0.4) is 0 Å². The minimum absolute atomic E-state index is 0.461. The lowest BCUT2D eigenvalue weighted by Gasteiger charge is -2.11. The Morgan fingerprint density at radius 2 is 1.84 bits per heavy atom. The quantitative estimate of drug-likeness (QED) is 0.441. The van der Waals surface area contributed by atoms with Crippen LogP contribution >= 0.6 is 0 Å². The van der Waals surface area contributed by atoms with Gasteiger partial charge in [-0.15, -0.1) is 10.2 Å². The number of sulfonamides is 1. The van der Waals surface area contributed by atoms with Crippen LogP contribution in [-0.2, 0) is 23.1 Å². The first-order chi connectivity index (χ1) is 15.4. The lowest BCUT2D eigenvalue weighted by atomic mass is 10.1. The molecule has 1 N–H and O–H groups in total. The van der Waals surface area contributed by atoms with E-state index in [2.05, 4.69) is 25.6 Å². The van der Waals surface area contributed by atoms with Crippen molar-refractivity contribution in [1.29, 1.82) is 5.26 Å². The molecule has 0 unspecified atom stereocenters. The van der Waals surface area contributed by atoms with Crippen molar-refractivity contribution < 1.29 is 13.2 Å². The summed E-state index contributed by atoms with van der Waals surface area (Å²) in [6.07, 6.45) is 4.38. The summed E-state index contributed by atoms with van der Waals surface area (Å²) in [5.41, 5.74) is 3.56. The molecule has 0 radical (unpaired) electrons. The van der Waals surface area contributed by atoms with Gasteiger partial charge in [0.25, 0.3) is 0 Å². The zero-order valence-corrected chi connectivity index (χ0v) is 18.5. The summed E-state index contributed by atoms with van der Waals surface area (Å²) in [4.78, 5) is 0. The average Bonchev–Trinajstić information content (AvgIpc) is 3.38. The first kappa shape index (κ1) is 21.4. The van der Waals surface area contributed by atoms with E-state index in [0.717, 1.165) is 28.4 Å². The monoisotopic (exact) mass is 450 g/mol. The highest BCUT2D eigenvalue weighted by atomic mass is 32.2. The Balaban J connectivity index is 1.68. The molecule has 32 heavy (non-hydrogen) atoms. The van der Waals surface area contributed by atoms with Gasteiger partial charge in [-0.3, -0.25) is 4.72 Å². The van der Waals surface area contributed by atoms with Gasteiger partial charge in [0.15, 0.2) is 0 Å². The average molecular weight is 451 g/mol. The van der Waals surface area contributed by atoms with E-state index in [1.54, 1.807) is 24.8 Å². The molecular weight excluding hydrogens is 428 g/mol. The highest BCUT2D eigenvalue weighted by Crippen LogP contribution is 2.35. The zero-order chi connectivity index (χ0) is 22.7. The summed E-state index contributed by atoms with van der Waals surface area (Å²) in [6, 6.07) is 15.0. The number of anilines is 1. The lowest BCUT2D eigenvalue weighted by Crippen LogP contribution is -2.09. The molecule has 0 saturated carbocycles. The molecule has 4 rings (SSSR count). The molecule has 0 spiro atoms. The van der Waals surface area contributed by atoms with Crippen molar-refractivity contribution in [2.75, 3.05) is 17.6 Å². The Morgan fingerprint density at radius 1 is 1.12 bits per heavy atom. The van der Waals surface area contributed by atoms with E-state index in [-0.39, 0.29) is 0 Å². The fourth-order valence-electron chi connectivity index (χ4n) is 3.68. The number of benzene rings is 2. The topological polar surface area (TPSA) is 115 Å². The van der Waals surface area contributed by atoms with Gasteiger partial charge in [0.2, 0.25) is 10.0 Å². The first-order valence-corrected chi connectivity index (χ1v) is 11.9. The zero-order valence-electron chi connectivity index (χ0n) is 17.7. The second-order valence-corrected chi connectivity index (χ2v) is 9.01. The van der Waals surface area contributed by atoms with Crippen molar-refractivity contribution >= 4 is 26.6 Å². The third-order valence-electron chi connectivity index (χ3n) is 5.01. The predicted molar refractivity (Wildman–Crippen MR) is 122 cm³/mol. The number of rotatable bonds is 8. The van der Waals surface area contributed by atoms with Crippen LogP contribution in [0.2, 0.25) is 0 Å². The molecule has 0 saturated heterocycles. The molecule has 0 fully saturated rings. The van der Waals surface area contributed by atoms with Gasteiger partial charge in [0.05, 0.1) is 29.6 Å². The van der Waals surface area contributed by atoms with Crippen molar-refractivity contribution in [3.63, 3.8) is 0 Å². The number of nitrogens with zero attached hydrogens (tertiary/aromatic N) is 5. The molecule has 2 heterocycles. The molecule has 0 atom stereocenters. The van der Waals surface area contributed by atoms with Crippen LogP contribution in [0.4, 0.5) is 5.69 Å². The SMILES string of the molecule is CCn1c(-c2ccc(NS(C)(=O)=O)cc2)c(C#N)c2ccc(OCCn3cnnc3)cc21. The molecular formula is C22H22N6O3S. The van der Waals surface area contributed by atoms with Crippen LogP contribution < -0.4 is 9.46 Å². The molecule has 0 aliphatic heterocycles. The van der Waals surface area contributed by atoms with Crippen molar-refractivity contribution in [2.45, 2.75) is 20.0 Å². The van der Waals surface area contributed by atoms with Gasteiger partial charge in [-0.05, 0) is 36.8 Å². The molecule has 2 aromatic heterocycles. The van der Waals surface area contributed by atoms with Gasteiger partial charge in [0, 0.05) is 23.7 Å². The largest absolute Gasteiger partial charge is 0.492 e. The summed E-state index contributed by atoms with van der Waals surface area (Å²) in [6.45, 7) is 3.76. The fraction of sp³-hybridized carbons (Fsp3) is 0.227. The standard InChI is InChI=1S/C22H22N6O3S/c1-3-28-21-12-18(31-11-10-27-14-24-25-15-27)8-9-19(21)20(13-23)22(28)16-4-6-17(7-5-16)26-32(2,29)30/h4-9,12,14-15,26H,3,10-11H2,1-2H3. The number of nitriles is 1. The highest BCUT2D eigenvalue weighted by molar-refractivity contribution is 7.92. The van der Waals surface area contributed by atoms with E-state index >= 15 is 0 Å². The lowest BCUT2D eigenvalue weighted by molar-refractivity contribution is 0.298. The van der Waals surface area contributed by atoms with Crippen LogP contribution in [-0.4, -0.2) is 40.6 Å². The van der Waals surface area contributed by atoms with Crippen LogP contribution in [0, 0.1) is 11.3 Å². The van der Waals surface area contributed by atoms with E-state index in [1.165, 1.54) is 0 Å². The Kier molecular flexibility index (Phi) is 5.83. The molecule has 0 amide bonds. The number of hydrogen-bond acceptors (Lipinski definition) is 6. The summed E-state index contributed by atoms with van der Waals surface area (Å²) in [7, 11) is -3.36. The first-order valence-electron chi connectivity index (χ1n) is 9.99. The third kappa shape index (κ3) is 4.43. The molecule has 0 bridgehead atoms. The van der Waals surface area contributed by atoms with Crippen LogP contribution in [0.15, 0.2) is 55.1 Å². The van der Waals surface area contributed by atoms with E-state index in [4.69, 9.17) is 4.74 Å². The second-order valence-electron chi connectivity index (χ2n) is 7.26. The molecule has 10 heteroatoms. The van der Waals surface area contributed by atoms with E-state index in [9.17, 15) is 13.7 Å². The van der Waals surface area contributed by atoms with Gasteiger partial charge in [-0.25, -0.2) is 8.42 Å². The predicted octanol–water partition coefficient (Wildman–Crippen LogP) is 3.24. The second kappa shape index (κ2) is 8.72. The molecule has 0 aliphatic carbocycles. The number of aryl methyl sites for hydroxylation is 1. The van der Waals surface area contributed by atoms with Gasteiger partial charge in [-0.1, -0.05) is 12.1 Å². The smallest absolute Gasteiger partial charge is 0.229 e. The normalized spacial score (nSPS) is 11.4. The van der Waals surface area contributed by atoms with Gasteiger partial charge < -0.3 is 13.9 Å². The van der Waals surface area contributed by atoms with Gasteiger partial charge in [-0.2, -0.15) is 5.26 Å². The Labute approximate surface area is 185 Å². The maximum absolute atomic E-state index is 11.5. The Bertz CT molecular complexity index is 1380. The number of hydrogen-bond donors (Lipinski definition) is 1. The van der Waals surface area contributed by atoms with Gasteiger partial charge in [0.1, 0.15) is 31.1 Å². The van der Waals surface area contributed by atoms with Crippen LogP contribution in [0.1, 0.15) is 12.5 Å². The van der Waals surface area contributed by atoms with Gasteiger partial charge >= 0.3 is 0 Å². The summed E-state index contributed by atoms with van der Waals surface area (Å²) < 4.78 is 35.2. The number of fused-ring (bicyclic) bond motifs is 1. The van der Waals surface area contributed by atoms with Crippen molar-refractivity contribution in [3.05, 3.63) is 60.7 Å². The highest BCUT2D eigenvalue weighted by Gasteiger charge is 2.18. The number of ether oxygens (including phenoxy) is 1. The molecule has 0 aliphatic rings. The molecule has 164 valence electrons. The maximum Gasteiger partial charge on any atom is 0.229 e. The number of nitrogens with one attached hydrogen (secondary N) is 1. The maximum atomic E-state index is 11.5. The van der Waals surface area contributed by atoms with Crippen LogP contribution in [0.5, 0.6) is 5.75 Å². The van der Waals surface area contributed by atoms with Crippen LogP contribution in [0.25, 0.3) is 22.2 Å². The summed E-state index contributed by atoms with van der Waals surface area (Å²) in [5, 5.41) is 18.3. The Morgan fingerprint density at radius 3 is 2.47 bits per heavy atom. The van der Waals surface area contributed by atoms with Crippen molar-refractivity contribution in [1.82, 2.24) is 19.3 Å². The van der Waals surface area contributed by atoms with E-state index in [0.29, 0.717) is 36.7 Å². The molecule has 9 nitrogen and oxygen atoms in total. The summed E-state index contributed by atoms with van der Waals surface area (Å²) >= 11 is 0. The minimum atomic E-state index is -3.36. The minimum Gasteiger partial charge on any atom is -0.492 e. The van der Waals surface area contributed by atoms with Crippen molar-refractivity contribution in [2.24, 2.45) is 0 Å². The fourth-order valence-corrected chi connectivity index (χ4v) is 4.24. The molecule has 4 aromatic rings. The van der Waals surface area contributed by atoms with E-state index < -0.39 is 10.0 Å². The third-order valence-corrected chi connectivity index (χ3v) is 5.62. The Hall–Kier alpha value is -3.84. The van der Waals surface area contributed by atoms with Crippen molar-refractivity contribution in [3.8, 4) is 23.1 Å². The summed E-state index contributed by atoms with van der Waals surface area (Å²) in [5.74, 6) is 0.710. The number of aromatic nitrogens is 4.